The zero-order valence-electron chi connectivity index (χ0n) is 20.4. The monoisotopic (exact) mass is 438 g/mol. The number of amides is 2. The van der Waals surface area contributed by atoms with Crippen molar-refractivity contribution < 1.29 is 14.3 Å². The summed E-state index contributed by atoms with van der Waals surface area (Å²) in [5, 5.41) is 2.95. The lowest BCUT2D eigenvalue weighted by Crippen LogP contribution is -2.49. The number of hydrogen-bond donors (Lipinski definition) is 1. The molecule has 174 valence electrons. The second-order valence-corrected chi connectivity index (χ2v) is 9.30. The minimum atomic E-state index is -0.597. The Labute approximate surface area is 193 Å². The van der Waals surface area contributed by atoms with Crippen molar-refractivity contribution in [3.63, 3.8) is 0 Å². The molecule has 5 nitrogen and oxygen atoms in total. The molecule has 2 amide bonds. The van der Waals surface area contributed by atoms with Crippen LogP contribution in [-0.4, -0.2) is 35.9 Å². The molecule has 2 aromatic rings. The molecule has 0 aliphatic carbocycles. The number of ether oxygens (including phenoxy) is 1. The zero-order valence-corrected chi connectivity index (χ0v) is 20.4. The van der Waals surface area contributed by atoms with Gasteiger partial charge in [-0.25, -0.2) is 0 Å². The molecule has 0 aliphatic heterocycles. The van der Waals surface area contributed by atoms with Gasteiger partial charge in [-0.3, -0.25) is 9.59 Å². The first-order valence-electron chi connectivity index (χ1n) is 11.5. The fraction of sp³-hybridized carbons (Fsp3) is 0.481. The molecule has 0 fully saturated rings. The van der Waals surface area contributed by atoms with Crippen LogP contribution < -0.4 is 10.1 Å². The van der Waals surface area contributed by atoms with Gasteiger partial charge in [0.05, 0.1) is 0 Å². The van der Waals surface area contributed by atoms with E-state index in [1.54, 1.807) is 11.8 Å². The minimum absolute atomic E-state index is 0.104. The van der Waals surface area contributed by atoms with E-state index in [4.69, 9.17) is 4.74 Å². The summed E-state index contributed by atoms with van der Waals surface area (Å²) in [4.78, 5) is 27.7. The van der Waals surface area contributed by atoms with Crippen molar-refractivity contribution in [1.29, 1.82) is 0 Å². The summed E-state index contributed by atoms with van der Waals surface area (Å²) in [5.74, 6) is 0.342. The van der Waals surface area contributed by atoms with E-state index in [1.165, 1.54) is 0 Å². The summed E-state index contributed by atoms with van der Waals surface area (Å²) >= 11 is 0. The highest BCUT2D eigenvalue weighted by Gasteiger charge is 2.27. The van der Waals surface area contributed by atoms with Crippen LogP contribution in [0.2, 0.25) is 0 Å². The number of nitrogens with zero attached hydrogens (tertiary/aromatic N) is 1. The van der Waals surface area contributed by atoms with Crippen molar-refractivity contribution in [1.82, 2.24) is 10.2 Å². The molecule has 0 spiro atoms. The number of carbonyl (C=O) groups excluding carboxylic acids is 2. The van der Waals surface area contributed by atoms with Crippen molar-refractivity contribution in [3.05, 3.63) is 65.2 Å². The van der Waals surface area contributed by atoms with E-state index in [9.17, 15) is 9.59 Å². The van der Waals surface area contributed by atoms with Crippen LogP contribution in [0.1, 0.15) is 64.2 Å². The lowest BCUT2D eigenvalue weighted by molar-refractivity contribution is -0.142. The van der Waals surface area contributed by atoms with Gasteiger partial charge < -0.3 is 15.0 Å². The lowest BCUT2D eigenvalue weighted by Gasteiger charge is -2.30. The van der Waals surface area contributed by atoms with Gasteiger partial charge in [-0.1, -0.05) is 76.6 Å². The number of benzene rings is 2. The summed E-state index contributed by atoms with van der Waals surface area (Å²) < 4.78 is 5.98. The molecule has 0 unspecified atom stereocenters. The molecule has 0 saturated carbocycles. The number of para-hydroxylation sites is 1. The Morgan fingerprint density at radius 1 is 1.06 bits per heavy atom. The molecule has 0 bridgehead atoms. The largest absolute Gasteiger partial charge is 0.483 e. The molecule has 2 rings (SSSR count). The molecular weight excluding hydrogens is 400 g/mol. The predicted molar refractivity (Wildman–Crippen MR) is 130 cm³/mol. The Bertz CT molecular complexity index is 902. The number of nitrogens with one attached hydrogen (secondary N) is 1. The third kappa shape index (κ3) is 7.11. The second-order valence-electron chi connectivity index (χ2n) is 9.30. The maximum Gasteiger partial charge on any atom is 0.261 e. The Morgan fingerprint density at radius 2 is 1.72 bits per heavy atom. The highest BCUT2D eigenvalue weighted by molar-refractivity contribution is 5.88. The Kier molecular flexibility index (Phi) is 9.30. The third-order valence-electron chi connectivity index (χ3n) is 5.65. The fourth-order valence-electron chi connectivity index (χ4n) is 3.52. The average molecular weight is 439 g/mol. The zero-order chi connectivity index (χ0) is 23.7. The smallest absolute Gasteiger partial charge is 0.261 e. The van der Waals surface area contributed by atoms with Crippen LogP contribution in [0.25, 0.3) is 0 Å². The van der Waals surface area contributed by atoms with Crippen LogP contribution in [0, 0.1) is 6.92 Å². The van der Waals surface area contributed by atoms with Gasteiger partial charge in [0.15, 0.2) is 6.61 Å². The fourth-order valence-corrected chi connectivity index (χ4v) is 3.52. The van der Waals surface area contributed by atoms with Crippen LogP contribution >= 0.6 is 0 Å². The summed E-state index contributed by atoms with van der Waals surface area (Å²) in [6, 6.07) is 15.1. The molecule has 1 atom stereocenters. The number of rotatable bonds is 10. The van der Waals surface area contributed by atoms with Crippen molar-refractivity contribution >= 4 is 11.8 Å². The normalized spacial score (nSPS) is 12.2. The van der Waals surface area contributed by atoms with Gasteiger partial charge in [0.1, 0.15) is 11.8 Å². The second kappa shape index (κ2) is 11.7. The molecule has 0 radical (unpaired) electrons. The first kappa shape index (κ1) is 25.4. The highest BCUT2D eigenvalue weighted by Crippen LogP contribution is 2.31. The number of unbranched alkanes of at least 4 members (excludes halogenated alkanes) is 1. The topological polar surface area (TPSA) is 58.6 Å². The van der Waals surface area contributed by atoms with Gasteiger partial charge in [0.25, 0.3) is 5.91 Å². The maximum absolute atomic E-state index is 13.3. The van der Waals surface area contributed by atoms with Gasteiger partial charge in [-0.05, 0) is 48.4 Å². The third-order valence-corrected chi connectivity index (χ3v) is 5.65. The molecule has 5 heteroatoms. The predicted octanol–water partition coefficient (Wildman–Crippen LogP) is 5.00. The summed E-state index contributed by atoms with van der Waals surface area (Å²) in [6.45, 7) is 13.1. The first-order valence-corrected chi connectivity index (χ1v) is 11.5. The Morgan fingerprint density at radius 3 is 2.38 bits per heavy atom. The van der Waals surface area contributed by atoms with E-state index in [2.05, 4.69) is 33.0 Å². The van der Waals surface area contributed by atoms with Crippen LogP contribution in [0.4, 0.5) is 0 Å². The number of hydrogen-bond acceptors (Lipinski definition) is 3. The van der Waals surface area contributed by atoms with Gasteiger partial charge in [-0.2, -0.15) is 0 Å². The van der Waals surface area contributed by atoms with Crippen LogP contribution in [-0.2, 0) is 21.5 Å². The molecule has 1 N–H and O–H groups in total. The standard InChI is InChI=1S/C27H38N2O3/c1-7-8-17-28-26(31)21(3)29(18-22-14-10-9-13-20(22)2)25(30)19-32-24-16-12-11-15-23(24)27(4,5)6/h9-16,21H,7-8,17-19H2,1-6H3,(H,28,31)/t21-/m1/s1. The molecule has 0 aromatic heterocycles. The maximum atomic E-state index is 13.3. The molecular formula is C27H38N2O3. The summed E-state index contributed by atoms with van der Waals surface area (Å²) in [6.07, 6.45) is 1.92. The first-order chi connectivity index (χ1) is 15.1. The molecule has 0 heterocycles. The van der Waals surface area contributed by atoms with Gasteiger partial charge in [0, 0.05) is 13.1 Å². The van der Waals surface area contributed by atoms with Crippen molar-refractivity contribution in [2.45, 2.75) is 72.4 Å². The molecule has 0 saturated heterocycles. The Hall–Kier alpha value is -2.82. The highest BCUT2D eigenvalue weighted by atomic mass is 16.5. The minimum Gasteiger partial charge on any atom is -0.483 e. The van der Waals surface area contributed by atoms with E-state index < -0.39 is 6.04 Å². The summed E-state index contributed by atoms with van der Waals surface area (Å²) in [7, 11) is 0. The van der Waals surface area contributed by atoms with Crippen LogP contribution in [0.15, 0.2) is 48.5 Å². The van der Waals surface area contributed by atoms with E-state index in [0.29, 0.717) is 18.8 Å². The van der Waals surface area contributed by atoms with Gasteiger partial charge in [0.2, 0.25) is 5.91 Å². The Balaban J connectivity index is 2.20. The van der Waals surface area contributed by atoms with Gasteiger partial charge in [-0.15, -0.1) is 0 Å². The van der Waals surface area contributed by atoms with Crippen LogP contribution in [0.3, 0.4) is 0 Å². The van der Waals surface area contributed by atoms with Crippen molar-refractivity contribution in [2.75, 3.05) is 13.2 Å². The van der Waals surface area contributed by atoms with E-state index in [0.717, 1.165) is 29.5 Å². The number of carbonyl (C=O) groups is 2. The van der Waals surface area contributed by atoms with Crippen molar-refractivity contribution in [3.8, 4) is 5.75 Å². The molecule has 2 aromatic carbocycles. The number of aryl methyl sites for hydroxylation is 1. The van der Waals surface area contributed by atoms with Crippen LogP contribution in [0.5, 0.6) is 5.75 Å². The van der Waals surface area contributed by atoms with Crippen molar-refractivity contribution in [2.24, 2.45) is 0 Å². The molecule has 0 aliphatic rings. The summed E-state index contributed by atoms with van der Waals surface area (Å²) in [5.41, 5.74) is 3.04. The lowest BCUT2D eigenvalue weighted by atomic mass is 9.86. The van der Waals surface area contributed by atoms with E-state index in [-0.39, 0.29) is 23.8 Å². The van der Waals surface area contributed by atoms with Gasteiger partial charge >= 0.3 is 0 Å². The quantitative estimate of drug-likeness (QED) is 0.531. The van der Waals surface area contributed by atoms with E-state index in [1.807, 2.05) is 55.5 Å². The van der Waals surface area contributed by atoms with E-state index >= 15 is 0 Å². The SMILES string of the molecule is CCCCNC(=O)[C@@H](C)N(Cc1ccccc1C)C(=O)COc1ccccc1C(C)(C)C. The molecule has 32 heavy (non-hydrogen) atoms. The average Bonchev–Trinajstić information content (AvgIpc) is 2.76.